The summed E-state index contributed by atoms with van der Waals surface area (Å²) in [6.45, 7) is 4.85. The first-order chi connectivity index (χ1) is 32.5. The molecule has 15 heteroatoms. The van der Waals surface area contributed by atoms with Crippen LogP contribution in [-0.2, 0) is 66.5 Å². The Bertz CT molecular complexity index is 2460. The Morgan fingerprint density at radius 3 is 2.10 bits per heavy atom. The van der Waals surface area contributed by atoms with Gasteiger partial charge in [-0.1, -0.05) is 115 Å². The number of aliphatic hydroxyl groups excluding tert-OH is 1. The van der Waals surface area contributed by atoms with Gasteiger partial charge in [-0.05, 0) is 50.0 Å². The highest BCUT2D eigenvalue weighted by Crippen LogP contribution is 2.59. The summed E-state index contributed by atoms with van der Waals surface area (Å²) in [5, 5.41) is 14.8. The number of ether oxygens (including phenoxy) is 4. The number of hydroxylamine groups is 2. The second-order valence-corrected chi connectivity index (χ2v) is 19.2. The maximum Gasteiger partial charge on any atom is 0.327 e. The average Bonchev–Trinajstić information content (AvgIpc) is 3.91. The van der Waals surface area contributed by atoms with Gasteiger partial charge in [0.25, 0.3) is 0 Å². The number of hydrogen-bond donors (Lipinski definition) is 2. The molecule has 8 rings (SSSR count). The molecule has 4 fully saturated rings. The Kier molecular flexibility index (Phi) is 14.0. The van der Waals surface area contributed by atoms with E-state index in [1.54, 1.807) is 48.0 Å². The van der Waals surface area contributed by atoms with E-state index in [0.29, 0.717) is 11.1 Å². The summed E-state index contributed by atoms with van der Waals surface area (Å²) in [4.78, 5) is 80.3. The van der Waals surface area contributed by atoms with Crippen molar-refractivity contribution in [3.05, 3.63) is 149 Å². The lowest BCUT2D eigenvalue weighted by molar-refractivity contribution is -0.214. The van der Waals surface area contributed by atoms with Gasteiger partial charge in [-0.2, -0.15) is 5.06 Å². The van der Waals surface area contributed by atoms with Crippen LogP contribution in [0.3, 0.4) is 0 Å². The van der Waals surface area contributed by atoms with Crippen LogP contribution in [-0.4, -0.2) is 126 Å². The van der Waals surface area contributed by atoms with E-state index < -0.39 is 89.7 Å². The van der Waals surface area contributed by atoms with Crippen LogP contribution in [0.1, 0.15) is 67.9 Å². The number of benzene rings is 4. The number of nitrogens with one attached hydrogen (secondary N) is 1. The highest BCUT2D eigenvalue weighted by molar-refractivity contribution is 5.96. The lowest BCUT2D eigenvalue weighted by Gasteiger charge is -2.50. The van der Waals surface area contributed by atoms with Crippen molar-refractivity contribution in [1.29, 1.82) is 0 Å². The zero-order valence-electron chi connectivity index (χ0n) is 39.3. The summed E-state index contributed by atoms with van der Waals surface area (Å²) >= 11 is 0. The highest BCUT2D eigenvalue weighted by atomic mass is 16.8. The van der Waals surface area contributed by atoms with E-state index in [-0.39, 0.29) is 38.1 Å². The fraction of sp³-hybridized carbons (Fsp3) is 0.415. The van der Waals surface area contributed by atoms with Crippen molar-refractivity contribution in [1.82, 2.24) is 20.2 Å². The third kappa shape index (κ3) is 9.72. The number of carbonyl (C=O) groups is 5. The molecule has 8 unspecified atom stereocenters. The number of carbonyl (C=O) groups excluding carboxylic acids is 5. The summed E-state index contributed by atoms with van der Waals surface area (Å²) in [6, 6.07) is 32.3. The number of likely N-dealkylation sites (N-methyl/N-ethyl adjacent to an activating group) is 2. The minimum Gasteiger partial charge on any atom is -0.460 e. The molecule has 2 N–H and O–H groups in total. The molecule has 1 saturated carbocycles. The Labute approximate surface area is 396 Å². The van der Waals surface area contributed by atoms with Gasteiger partial charge < -0.3 is 39.2 Å². The van der Waals surface area contributed by atoms with Gasteiger partial charge in [0.05, 0.1) is 19.2 Å². The quantitative estimate of drug-likeness (QED) is 0.115. The smallest absolute Gasteiger partial charge is 0.327 e. The Morgan fingerprint density at radius 2 is 1.49 bits per heavy atom. The molecule has 3 heterocycles. The number of nitrogens with zero attached hydrogens (tertiary/aromatic N) is 3. The van der Waals surface area contributed by atoms with E-state index in [4.69, 9.17) is 23.8 Å². The van der Waals surface area contributed by atoms with Crippen LogP contribution in [0.15, 0.2) is 121 Å². The Hall–Kier alpha value is -6.23. The zero-order valence-corrected chi connectivity index (χ0v) is 39.3. The van der Waals surface area contributed by atoms with Gasteiger partial charge >= 0.3 is 11.9 Å². The van der Waals surface area contributed by atoms with Gasteiger partial charge in [0, 0.05) is 57.6 Å². The molecule has 358 valence electrons. The molecule has 0 radical (unpaired) electrons. The maximum atomic E-state index is 16.0. The minimum atomic E-state index is -1.67. The van der Waals surface area contributed by atoms with Crippen LogP contribution in [0.5, 0.6) is 0 Å². The van der Waals surface area contributed by atoms with E-state index in [0.717, 1.165) is 16.7 Å². The van der Waals surface area contributed by atoms with Crippen LogP contribution in [0, 0.1) is 5.41 Å². The standard InChI is InChI=1S/C53H60N4O11/c1-51(2,3)65-43(60)28-26-39(33-58)54-48(61)40(30-34-17-10-7-11-18-34)56(6)50(63)52-31-41-44-45(67-53(66-44,37-21-12-8-13-22-37)38-23-14-9-15-24-38)47(52)68-57(46(52)49(62)64-41)32-36-20-16-19-35(29-36)25-27-42(59)55(4)5/h7-25,27,29,39-41,44-47,58H,26,28,30-33H2,1-6H3,(H,54,61). The molecule has 0 spiro atoms. The van der Waals surface area contributed by atoms with Crippen LogP contribution < -0.4 is 5.32 Å². The van der Waals surface area contributed by atoms with Gasteiger partial charge in [0.2, 0.25) is 23.5 Å². The molecule has 15 nitrogen and oxygen atoms in total. The molecule has 68 heavy (non-hydrogen) atoms. The van der Waals surface area contributed by atoms with Crippen molar-refractivity contribution in [3.8, 4) is 0 Å². The largest absolute Gasteiger partial charge is 0.460 e. The first-order valence-electron chi connectivity index (χ1n) is 23.1. The number of aliphatic hydroxyl groups is 1. The lowest BCUT2D eigenvalue weighted by atomic mass is 9.62. The summed E-state index contributed by atoms with van der Waals surface area (Å²) < 4.78 is 26.0. The molecule has 3 amide bonds. The van der Waals surface area contributed by atoms with Gasteiger partial charge in [-0.25, -0.2) is 0 Å². The van der Waals surface area contributed by atoms with Crippen LogP contribution in [0.25, 0.3) is 6.08 Å². The van der Waals surface area contributed by atoms with Crippen molar-refractivity contribution < 1.29 is 52.9 Å². The number of rotatable bonds is 16. The second-order valence-electron chi connectivity index (χ2n) is 19.2. The molecule has 0 aromatic heterocycles. The molecule has 1 aliphatic carbocycles. The maximum absolute atomic E-state index is 16.0. The predicted molar refractivity (Wildman–Crippen MR) is 250 cm³/mol. The normalized spacial score (nSPS) is 24.6. The topological polar surface area (TPSA) is 173 Å². The average molecular weight is 929 g/mol. The van der Waals surface area contributed by atoms with Gasteiger partial charge in [0.1, 0.15) is 41.5 Å². The molecule has 4 aromatic carbocycles. The van der Waals surface area contributed by atoms with Crippen molar-refractivity contribution in [2.75, 3.05) is 27.7 Å². The number of hydrogen-bond acceptors (Lipinski definition) is 12. The third-order valence-corrected chi connectivity index (χ3v) is 13.1. The molecular formula is C53H60N4O11. The predicted octanol–water partition coefficient (Wildman–Crippen LogP) is 4.94. The molecule has 8 atom stereocenters. The van der Waals surface area contributed by atoms with Crippen LogP contribution in [0.2, 0.25) is 0 Å². The minimum absolute atomic E-state index is 0.0117. The molecular weight excluding hydrogens is 869 g/mol. The van der Waals surface area contributed by atoms with E-state index in [2.05, 4.69) is 5.32 Å². The van der Waals surface area contributed by atoms with Crippen molar-refractivity contribution in [3.63, 3.8) is 0 Å². The molecule has 2 bridgehead atoms. The van der Waals surface area contributed by atoms with Crippen molar-refractivity contribution >= 4 is 35.7 Å². The molecule has 3 aliphatic heterocycles. The number of fused-ring (bicyclic) bond motifs is 4. The summed E-state index contributed by atoms with van der Waals surface area (Å²) in [5.74, 6) is -3.94. The van der Waals surface area contributed by atoms with Crippen LogP contribution in [0.4, 0.5) is 0 Å². The Morgan fingerprint density at radius 1 is 0.868 bits per heavy atom. The summed E-state index contributed by atoms with van der Waals surface area (Å²) in [6.07, 6.45) is -0.647. The van der Waals surface area contributed by atoms with Crippen LogP contribution >= 0.6 is 0 Å². The number of amides is 3. The fourth-order valence-corrected chi connectivity index (χ4v) is 9.86. The first-order valence-corrected chi connectivity index (χ1v) is 23.1. The van der Waals surface area contributed by atoms with E-state index in [1.165, 1.54) is 20.9 Å². The fourth-order valence-electron chi connectivity index (χ4n) is 9.86. The zero-order chi connectivity index (χ0) is 48.4. The summed E-state index contributed by atoms with van der Waals surface area (Å²) in [5.41, 5.74) is 1.21. The van der Waals surface area contributed by atoms with E-state index in [9.17, 15) is 24.3 Å². The second kappa shape index (κ2) is 19.8. The van der Waals surface area contributed by atoms with Crippen molar-refractivity contribution in [2.45, 2.75) is 107 Å². The van der Waals surface area contributed by atoms with E-state index >= 15 is 4.79 Å². The Balaban J connectivity index is 1.18. The molecule has 3 saturated heterocycles. The van der Waals surface area contributed by atoms with Gasteiger partial charge in [-0.15, -0.1) is 0 Å². The SMILES string of the molecule is CN(C)C(=O)C=Cc1cccc(CN2OC3C4OC(c5ccccc5)(c5ccccc5)OC4C4CC3(C(=O)N(C)C(Cc3ccccc3)C(=O)NC(CO)CCC(=O)OC(C)(C)C)C2C(=O)O4)c1. The number of esters is 2. The first kappa shape index (κ1) is 48.2. The van der Waals surface area contributed by atoms with Gasteiger partial charge in [0.15, 0.2) is 6.04 Å². The molecule has 4 aliphatic rings. The lowest BCUT2D eigenvalue weighted by Crippen LogP contribution is -2.70. The third-order valence-electron chi connectivity index (χ3n) is 13.1. The van der Waals surface area contributed by atoms with E-state index in [1.807, 2.05) is 115 Å². The van der Waals surface area contributed by atoms with Gasteiger partial charge in [-0.3, -0.25) is 28.8 Å². The molecule has 4 aromatic rings. The highest BCUT2D eigenvalue weighted by Gasteiger charge is 2.77. The monoisotopic (exact) mass is 928 g/mol. The summed E-state index contributed by atoms with van der Waals surface area (Å²) in [7, 11) is 4.87. The van der Waals surface area contributed by atoms with Crippen molar-refractivity contribution in [2.24, 2.45) is 5.41 Å².